The van der Waals surface area contributed by atoms with Gasteiger partial charge in [0.1, 0.15) is 5.84 Å². The van der Waals surface area contributed by atoms with Crippen molar-refractivity contribution in [3.05, 3.63) is 23.8 Å². The van der Waals surface area contributed by atoms with Crippen molar-refractivity contribution in [2.24, 2.45) is 10.7 Å². The largest absolute Gasteiger partial charge is 0.386 e. The number of nitrogens with zero attached hydrogens (tertiary/aromatic N) is 1. The summed E-state index contributed by atoms with van der Waals surface area (Å²) in [5.74, 6) is 0.330. The zero-order valence-corrected chi connectivity index (χ0v) is 10.0. The highest BCUT2D eigenvalue weighted by Gasteiger charge is 2.04. The molecule has 3 N–H and O–H groups in total. The van der Waals surface area contributed by atoms with Crippen molar-refractivity contribution in [1.29, 1.82) is 0 Å². The zero-order valence-electron chi connectivity index (χ0n) is 9.25. The smallest absolute Gasteiger partial charge is 0.221 e. The lowest BCUT2D eigenvalue weighted by Crippen LogP contribution is -2.13. The van der Waals surface area contributed by atoms with Crippen LogP contribution < -0.4 is 11.1 Å². The van der Waals surface area contributed by atoms with Gasteiger partial charge < -0.3 is 11.1 Å². The SMILES string of the molecule is CC(=O)Nc1ccc(C)cc1N=C(N)CCl. The molecule has 0 aliphatic carbocycles. The van der Waals surface area contributed by atoms with Gasteiger partial charge in [-0.05, 0) is 24.6 Å². The molecular formula is C11H14ClN3O. The van der Waals surface area contributed by atoms with Crippen LogP contribution in [0.1, 0.15) is 12.5 Å². The second-order valence-corrected chi connectivity index (χ2v) is 3.71. The van der Waals surface area contributed by atoms with E-state index in [1.54, 1.807) is 6.07 Å². The summed E-state index contributed by atoms with van der Waals surface area (Å²) in [6, 6.07) is 5.52. The van der Waals surface area contributed by atoms with Crippen LogP contribution in [0.3, 0.4) is 0 Å². The van der Waals surface area contributed by atoms with Crippen LogP contribution in [0.2, 0.25) is 0 Å². The van der Waals surface area contributed by atoms with Gasteiger partial charge in [0.2, 0.25) is 5.91 Å². The van der Waals surface area contributed by atoms with Gasteiger partial charge in [-0.1, -0.05) is 6.07 Å². The Morgan fingerprint density at radius 1 is 1.56 bits per heavy atom. The molecule has 0 aliphatic rings. The molecule has 1 aromatic carbocycles. The molecule has 0 fully saturated rings. The van der Waals surface area contributed by atoms with E-state index in [0.717, 1.165) is 5.56 Å². The Hall–Kier alpha value is -1.55. The lowest BCUT2D eigenvalue weighted by atomic mass is 10.2. The number of nitrogens with two attached hydrogens (primary N) is 1. The van der Waals surface area contributed by atoms with E-state index < -0.39 is 0 Å². The van der Waals surface area contributed by atoms with Crippen LogP contribution in [0.5, 0.6) is 0 Å². The Labute approximate surface area is 99.5 Å². The molecule has 0 spiro atoms. The minimum atomic E-state index is -0.148. The van der Waals surface area contributed by atoms with E-state index in [0.29, 0.717) is 17.2 Å². The van der Waals surface area contributed by atoms with Crippen molar-refractivity contribution in [3.8, 4) is 0 Å². The first-order chi connectivity index (χ1) is 7.52. The van der Waals surface area contributed by atoms with Crippen molar-refractivity contribution >= 4 is 34.7 Å². The number of anilines is 1. The maximum Gasteiger partial charge on any atom is 0.221 e. The molecule has 86 valence electrons. The molecule has 0 atom stereocenters. The van der Waals surface area contributed by atoms with E-state index in [1.807, 2.05) is 19.1 Å². The zero-order chi connectivity index (χ0) is 12.1. The summed E-state index contributed by atoms with van der Waals surface area (Å²) in [6.45, 7) is 3.38. The Kier molecular flexibility index (Phi) is 4.31. The van der Waals surface area contributed by atoms with Crippen molar-refractivity contribution < 1.29 is 4.79 Å². The van der Waals surface area contributed by atoms with Crippen molar-refractivity contribution in [1.82, 2.24) is 0 Å². The molecule has 0 aliphatic heterocycles. The third kappa shape index (κ3) is 3.55. The summed E-state index contributed by atoms with van der Waals surface area (Å²) >= 11 is 5.56. The molecular weight excluding hydrogens is 226 g/mol. The first-order valence-corrected chi connectivity index (χ1v) is 5.33. The number of carbonyl (C=O) groups excluding carboxylic acids is 1. The number of amides is 1. The maximum absolute atomic E-state index is 11.0. The average Bonchev–Trinajstić information content (AvgIpc) is 2.21. The van der Waals surface area contributed by atoms with Crippen LogP contribution in [0.15, 0.2) is 23.2 Å². The number of rotatable bonds is 3. The summed E-state index contributed by atoms with van der Waals surface area (Å²) in [7, 11) is 0. The van der Waals surface area contributed by atoms with Crippen LogP contribution in [-0.2, 0) is 4.79 Å². The molecule has 1 rings (SSSR count). The monoisotopic (exact) mass is 239 g/mol. The first-order valence-electron chi connectivity index (χ1n) is 4.80. The third-order valence-electron chi connectivity index (χ3n) is 1.86. The highest BCUT2D eigenvalue weighted by Crippen LogP contribution is 2.26. The molecule has 4 nitrogen and oxygen atoms in total. The molecule has 0 saturated heterocycles. The number of hydrogen-bond donors (Lipinski definition) is 2. The van der Waals surface area contributed by atoms with Crippen molar-refractivity contribution in [3.63, 3.8) is 0 Å². The van der Waals surface area contributed by atoms with Crippen LogP contribution in [0, 0.1) is 6.92 Å². The van der Waals surface area contributed by atoms with Gasteiger partial charge in [-0.15, -0.1) is 11.6 Å². The van der Waals surface area contributed by atoms with Crippen LogP contribution in [0.4, 0.5) is 11.4 Å². The molecule has 0 saturated carbocycles. The van der Waals surface area contributed by atoms with E-state index >= 15 is 0 Å². The quantitative estimate of drug-likeness (QED) is 0.482. The molecule has 0 unspecified atom stereocenters. The lowest BCUT2D eigenvalue weighted by Gasteiger charge is -2.07. The normalized spacial score (nSPS) is 11.3. The highest BCUT2D eigenvalue weighted by molar-refractivity contribution is 6.28. The summed E-state index contributed by atoms with van der Waals surface area (Å²) in [5.41, 5.74) is 7.85. The number of alkyl halides is 1. The van der Waals surface area contributed by atoms with Crippen LogP contribution >= 0.6 is 11.6 Å². The Balaban J connectivity index is 3.12. The van der Waals surface area contributed by atoms with Crippen LogP contribution in [-0.4, -0.2) is 17.6 Å². The highest BCUT2D eigenvalue weighted by atomic mass is 35.5. The van der Waals surface area contributed by atoms with Crippen molar-refractivity contribution in [2.75, 3.05) is 11.2 Å². The summed E-state index contributed by atoms with van der Waals surface area (Å²) in [5, 5.41) is 2.69. The van der Waals surface area contributed by atoms with Crippen LogP contribution in [0.25, 0.3) is 0 Å². The minimum Gasteiger partial charge on any atom is -0.386 e. The van der Waals surface area contributed by atoms with Gasteiger partial charge in [0, 0.05) is 6.92 Å². The fourth-order valence-electron chi connectivity index (χ4n) is 1.21. The second-order valence-electron chi connectivity index (χ2n) is 3.44. The molecule has 16 heavy (non-hydrogen) atoms. The van der Waals surface area contributed by atoms with E-state index in [4.69, 9.17) is 17.3 Å². The van der Waals surface area contributed by atoms with E-state index in [2.05, 4.69) is 10.3 Å². The third-order valence-corrected chi connectivity index (χ3v) is 2.14. The fourth-order valence-corrected chi connectivity index (χ4v) is 1.27. The molecule has 1 aromatic rings. The fraction of sp³-hybridized carbons (Fsp3) is 0.273. The predicted molar refractivity (Wildman–Crippen MR) is 67.5 cm³/mol. The van der Waals surface area contributed by atoms with E-state index in [-0.39, 0.29) is 11.8 Å². The van der Waals surface area contributed by atoms with Gasteiger partial charge in [0.15, 0.2) is 0 Å². The minimum absolute atomic E-state index is 0.148. The molecule has 1 amide bonds. The molecule has 0 radical (unpaired) electrons. The lowest BCUT2D eigenvalue weighted by molar-refractivity contribution is -0.114. The maximum atomic E-state index is 11.0. The topological polar surface area (TPSA) is 67.5 Å². The van der Waals surface area contributed by atoms with E-state index in [1.165, 1.54) is 6.92 Å². The Bertz CT molecular complexity index is 429. The molecule has 5 heteroatoms. The number of aliphatic imine (C=N–C) groups is 1. The van der Waals surface area contributed by atoms with Crippen molar-refractivity contribution in [2.45, 2.75) is 13.8 Å². The predicted octanol–water partition coefficient (Wildman–Crippen LogP) is 2.18. The average molecular weight is 240 g/mol. The number of hydrogen-bond acceptors (Lipinski definition) is 2. The number of aryl methyl sites for hydroxylation is 1. The number of halogens is 1. The molecule has 0 aromatic heterocycles. The van der Waals surface area contributed by atoms with Gasteiger partial charge in [0.05, 0.1) is 17.3 Å². The van der Waals surface area contributed by atoms with Gasteiger partial charge in [-0.25, -0.2) is 4.99 Å². The number of carbonyl (C=O) groups is 1. The van der Waals surface area contributed by atoms with E-state index in [9.17, 15) is 4.79 Å². The standard InChI is InChI=1S/C11H14ClN3O/c1-7-3-4-9(14-8(2)16)10(5-7)15-11(13)6-12/h3-5H,6H2,1-2H3,(H2,13,15)(H,14,16). The van der Waals surface area contributed by atoms with Gasteiger partial charge in [-0.2, -0.15) is 0 Å². The Morgan fingerprint density at radius 3 is 2.81 bits per heavy atom. The summed E-state index contributed by atoms with van der Waals surface area (Å²) in [6.07, 6.45) is 0. The number of amidine groups is 1. The number of nitrogens with one attached hydrogen (secondary N) is 1. The second kappa shape index (κ2) is 5.51. The van der Waals surface area contributed by atoms with Gasteiger partial charge >= 0.3 is 0 Å². The number of benzene rings is 1. The van der Waals surface area contributed by atoms with Gasteiger partial charge in [0.25, 0.3) is 0 Å². The molecule has 0 heterocycles. The van der Waals surface area contributed by atoms with Gasteiger partial charge in [-0.3, -0.25) is 4.79 Å². The summed E-state index contributed by atoms with van der Waals surface area (Å²) in [4.78, 5) is 15.1. The summed E-state index contributed by atoms with van der Waals surface area (Å²) < 4.78 is 0. The molecule has 0 bridgehead atoms. The first kappa shape index (κ1) is 12.5. The Morgan fingerprint density at radius 2 is 2.25 bits per heavy atom.